The van der Waals surface area contributed by atoms with Crippen molar-refractivity contribution >= 4 is 45.6 Å². The normalized spacial score (nSPS) is 10.6. The van der Waals surface area contributed by atoms with Gasteiger partial charge in [0.2, 0.25) is 11.8 Å². The van der Waals surface area contributed by atoms with Crippen LogP contribution in [0.5, 0.6) is 0 Å². The number of anilines is 1. The van der Waals surface area contributed by atoms with Crippen molar-refractivity contribution in [1.82, 2.24) is 20.1 Å². The number of hydrogen-bond acceptors (Lipinski definition) is 4. The Bertz CT molecular complexity index is 1100. The predicted molar refractivity (Wildman–Crippen MR) is 118 cm³/mol. The van der Waals surface area contributed by atoms with E-state index in [0.717, 1.165) is 21.2 Å². The van der Waals surface area contributed by atoms with E-state index in [0.29, 0.717) is 16.3 Å². The molecule has 7 nitrogen and oxygen atoms in total. The molecule has 0 aliphatic carbocycles. The van der Waals surface area contributed by atoms with E-state index >= 15 is 0 Å². The lowest BCUT2D eigenvalue weighted by molar-refractivity contribution is -0.124. The fraction of sp³-hybridized carbons (Fsp3) is 0.200. The van der Waals surface area contributed by atoms with Crippen molar-refractivity contribution in [2.75, 3.05) is 11.9 Å². The molecule has 150 valence electrons. The van der Waals surface area contributed by atoms with Gasteiger partial charge in [-0.25, -0.2) is 0 Å². The summed E-state index contributed by atoms with van der Waals surface area (Å²) in [5.41, 5.74) is 3.59. The maximum atomic E-state index is 12.4. The van der Waals surface area contributed by atoms with Crippen LogP contribution in [0.4, 0.5) is 5.69 Å². The van der Waals surface area contributed by atoms with Gasteiger partial charge in [0, 0.05) is 15.7 Å². The van der Waals surface area contributed by atoms with Crippen LogP contribution < -0.4 is 10.6 Å². The summed E-state index contributed by atoms with van der Waals surface area (Å²) in [6, 6.07) is 13.3. The van der Waals surface area contributed by atoms with Gasteiger partial charge in [0.05, 0.1) is 6.54 Å². The molecule has 0 fully saturated rings. The number of aryl methyl sites for hydroxylation is 2. The number of halogens is 1. The largest absolute Gasteiger partial charge is 0.345 e. The Hall–Kier alpha value is -2.78. The molecule has 3 rings (SSSR count). The Morgan fingerprint density at radius 2 is 1.86 bits per heavy atom. The fourth-order valence-electron chi connectivity index (χ4n) is 2.73. The monoisotopic (exact) mass is 473 g/mol. The molecule has 0 saturated heterocycles. The molecule has 3 aromatic rings. The minimum absolute atomic E-state index is 0.0386. The number of carbonyl (C=O) groups excluding carboxylic acids is 2. The van der Waals surface area contributed by atoms with Crippen molar-refractivity contribution in [3.05, 3.63) is 62.8 Å². The number of hydrogen-bond donors (Lipinski definition) is 3. The zero-order valence-corrected chi connectivity index (χ0v) is 18.4. The highest BCUT2D eigenvalue weighted by Gasteiger charge is 2.13. The van der Waals surface area contributed by atoms with Crippen molar-refractivity contribution < 1.29 is 9.59 Å². The molecule has 3 N–H and O–H groups in total. The van der Waals surface area contributed by atoms with Gasteiger partial charge in [-0.2, -0.15) is 5.10 Å². The van der Waals surface area contributed by atoms with Crippen molar-refractivity contribution in [1.29, 1.82) is 0 Å². The van der Waals surface area contributed by atoms with E-state index in [2.05, 4.69) is 36.8 Å². The van der Waals surface area contributed by atoms with Gasteiger partial charge in [0.1, 0.15) is 6.54 Å². The summed E-state index contributed by atoms with van der Waals surface area (Å²) in [5, 5.41) is 12.3. The molecule has 29 heavy (non-hydrogen) atoms. The van der Waals surface area contributed by atoms with E-state index < -0.39 is 0 Å². The van der Waals surface area contributed by atoms with Crippen LogP contribution >= 0.6 is 28.1 Å². The predicted octanol–water partition coefficient (Wildman–Crippen LogP) is 3.74. The number of carbonyl (C=O) groups is 2. The first-order valence-electron chi connectivity index (χ1n) is 8.88. The number of nitrogens with one attached hydrogen (secondary N) is 3. The van der Waals surface area contributed by atoms with Gasteiger partial charge in [-0.05, 0) is 49.8 Å². The highest BCUT2D eigenvalue weighted by molar-refractivity contribution is 9.10. The molecule has 0 radical (unpaired) electrons. The Morgan fingerprint density at radius 3 is 2.55 bits per heavy atom. The summed E-state index contributed by atoms with van der Waals surface area (Å²) in [7, 11) is 0. The number of amides is 2. The van der Waals surface area contributed by atoms with E-state index in [1.165, 1.54) is 0 Å². The summed E-state index contributed by atoms with van der Waals surface area (Å²) in [6.07, 6.45) is 0. The Labute approximate surface area is 181 Å². The topological polar surface area (TPSA) is 91.8 Å². The quantitative estimate of drug-likeness (QED) is 0.475. The average Bonchev–Trinajstić information content (AvgIpc) is 3.03. The number of benzene rings is 2. The smallest absolute Gasteiger partial charge is 0.243 e. The maximum Gasteiger partial charge on any atom is 0.243 e. The zero-order valence-electron chi connectivity index (χ0n) is 16.0. The van der Waals surface area contributed by atoms with Crippen LogP contribution in [0.15, 0.2) is 46.9 Å². The molecule has 1 aromatic heterocycles. The second kappa shape index (κ2) is 9.15. The third-order valence-corrected chi connectivity index (χ3v) is 5.08. The summed E-state index contributed by atoms with van der Waals surface area (Å²) in [6.45, 7) is 3.71. The van der Waals surface area contributed by atoms with Crippen molar-refractivity contribution in [2.45, 2.75) is 20.4 Å². The van der Waals surface area contributed by atoms with Crippen molar-refractivity contribution in [3.8, 4) is 11.4 Å². The summed E-state index contributed by atoms with van der Waals surface area (Å²) in [4.78, 5) is 24.5. The van der Waals surface area contributed by atoms with Crippen LogP contribution in [0, 0.1) is 18.6 Å². The minimum Gasteiger partial charge on any atom is -0.345 e. The first-order valence-corrected chi connectivity index (χ1v) is 10.1. The van der Waals surface area contributed by atoms with Gasteiger partial charge in [-0.1, -0.05) is 45.8 Å². The first kappa shape index (κ1) is 20.9. The van der Waals surface area contributed by atoms with Crippen molar-refractivity contribution in [3.63, 3.8) is 0 Å². The Kier molecular flexibility index (Phi) is 6.60. The van der Waals surface area contributed by atoms with Crippen molar-refractivity contribution in [2.24, 2.45) is 0 Å². The SMILES string of the molecule is Cc1ccc(-c2n[nH]c(=S)n2CC(=O)NCC(=O)Nc2ccc(Br)cc2C)cc1. The van der Waals surface area contributed by atoms with Crippen LogP contribution in [0.2, 0.25) is 0 Å². The molecule has 0 spiro atoms. The molecule has 0 bridgehead atoms. The van der Waals surface area contributed by atoms with Crippen LogP contribution in [-0.4, -0.2) is 33.1 Å². The molecule has 1 heterocycles. The summed E-state index contributed by atoms with van der Waals surface area (Å²) in [5.74, 6) is -0.0723. The number of H-pyrrole nitrogens is 1. The van der Waals surface area contributed by atoms with Gasteiger partial charge in [0.15, 0.2) is 10.6 Å². The Balaban J connectivity index is 1.61. The third kappa shape index (κ3) is 5.39. The third-order valence-electron chi connectivity index (χ3n) is 4.28. The molecule has 2 amide bonds. The van der Waals surface area contributed by atoms with Gasteiger partial charge >= 0.3 is 0 Å². The number of rotatable bonds is 6. The van der Waals surface area contributed by atoms with Gasteiger partial charge in [-0.15, -0.1) is 0 Å². The van der Waals surface area contributed by atoms with Crippen LogP contribution in [0.3, 0.4) is 0 Å². The molecule has 0 saturated carbocycles. The van der Waals surface area contributed by atoms with Crippen LogP contribution in [0.25, 0.3) is 11.4 Å². The highest BCUT2D eigenvalue weighted by atomic mass is 79.9. The van der Waals surface area contributed by atoms with E-state index in [4.69, 9.17) is 12.2 Å². The van der Waals surface area contributed by atoms with E-state index in [-0.39, 0.29) is 24.9 Å². The standard InChI is InChI=1S/C20H20BrN5O2S/c1-12-3-5-14(6-4-12)19-24-25-20(29)26(19)11-18(28)22-10-17(27)23-16-8-7-15(21)9-13(16)2/h3-9H,10-11H2,1-2H3,(H,22,28)(H,23,27)(H,25,29). The molecule has 9 heteroatoms. The summed E-state index contributed by atoms with van der Waals surface area (Å²) < 4.78 is 2.87. The van der Waals surface area contributed by atoms with E-state index in [1.54, 1.807) is 10.6 Å². The summed E-state index contributed by atoms with van der Waals surface area (Å²) >= 11 is 8.63. The van der Waals surface area contributed by atoms with E-state index in [9.17, 15) is 9.59 Å². The zero-order chi connectivity index (χ0) is 21.0. The fourth-order valence-corrected chi connectivity index (χ4v) is 3.40. The lowest BCUT2D eigenvalue weighted by atomic mass is 10.1. The second-order valence-corrected chi connectivity index (χ2v) is 7.89. The first-order chi connectivity index (χ1) is 13.8. The molecule has 0 aliphatic rings. The average molecular weight is 474 g/mol. The lowest BCUT2D eigenvalue weighted by Gasteiger charge is -2.10. The van der Waals surface area contributed by atoms with Gasteiger partial charge in [0.25, 0.3) is 0 Å². The number of aromatic amines is 1. The second-order valence-electron chi connectivity index (χ2n) is 6.59. The molecular formula is C20H20BrN5O2S. The molecule has 0 atom stereocenters. The van der Waals surface area contributed by atoms with Gasteiger partial charge < -0.3 is 10.6 Å². The number of nitrogens with zero attached hydrogens (tertiary/aromatic N) is 2. The van der Waals surface area contributed by atoms with Crippen LogP contribution in [-0.2, 0) is 16.1 Å². The molecule has 0 unspecified atom stereocenters. The number of aromatic nitrogens is 3. The lowest BCUT2D eigenvalue weighted by Crippen LogP contribution is -2.35. The maximum absolute atomic E-state index is 12.4. The van der Waals surface area contributed by atoms with Crippen LogP contribution in [0.1, 0.15) is 11.1 Å². The Morgan fingerprint density at radius 1 is 1.14 bits per heavy atom. The molecular weight excluding hydrogens is 454 g/mol. The highest BCUT2D eigenvalue weighted by Crippen LogP contribution is 2.20. The van der Waals surface area contributed by atoms with E-state index in [1.807, 2.05) is 50.2 Å². The van der Waals surface area contributed by atoms with Gasteiger partial charge in [-0.3, -0.25) is 19.3 Å². The molecule has 2 aromatic carbocycles. The molecule has 0 aliphatic heterocycles. The minimum atomic E-state index is -0.335.